The van der Waals surface area contributed by atoms with E-state index in [9.17, 15) is 0 Å². The van der Waals surface area contributed by atoms with Gasteiger partial charge >= 0.3 is 0 Å². The van der Waals surface area contributed by atoms with Crippen LogP contribution in [0.15, 0.2) is 12.2 Å². The SMILES string of the molecule is [2H]CC=CCC[2H]. The van der Waals surface area contributed by atoms with Gasteiger partial charge in [-0.05, 0) is 13.3 Å². The van der Waals surface area contributed by atoms with Crippen molar-refractivity contribution in [2.24, 2.45) is 0 Å². The van der Waals surface area contributed by atoms with Crippen LogP contribution in [0.2, 0.25) is 0 Å². The first kappa shape index (κ1) is 2.01. The van der Waals surface area contributed by atoms with Crippen LogP contribution in [0.4, 0.5) is 0 Å². The predicted octanol–water partition coefficient (Wildman–Crippen LogP) is 1.97. The van der Waals surface area contributed by atoms with E-state index in [0.29, 0.717) is 13.8 Å². The quantitative estimate of drug-likeness (QED) is 0.415. The lowest BCUT2D eigenvalue weighted by Gasteiger charge is -1.65. The van der Waals surface area contributed by atoms with E-state index in [4.69, 9.17) is 2.74 Å². The summed E-state index contributed by atoms with van der Waals surface area (Å²) in [5.74, 6) is 0. The third kappa shape index (κ3) is 3.74. The second-order valence-corrected chi connectivity index (χ2v) is 0.760. The molecule has 5 heavy (non-hydrogen) atoms. The third-order valence-corrected chi connectivity index (χ3v) is 0.333. The molecule has 0 heteroatoms. The van der Waals surface area contributed by atoms with Crippen LogP contribution in [0.5, 0.6) is 0 Å². The average Bonchev–Trinajstić information content (AvgIpc) is 1.69. The van der Waals surface area contributed by atoms with Gasteiger partial charge < -0.3 is 0 Å². The zero-order valence-electron chi connectivity index (χ0n) is 5.28. The minimum Gasteiger partial charge on any atom is -0.0917 e. The van der Waals surface area contributed by atoms with E-state index in [0.717, 1.165) is 6.42 Å². The van der Waals surface area contributed by atoms with Gasteiger partial charge in [-0.25, -0.2) is 0 Å². The van der Waals surface area contributed by atoms with Crippen molar-refractivity contribution in [2.75, 3.05) is 0 Å². The molecule has 0 bridgehead atoms. The summed E-state index contributed by atoms with van der Waals surface area (Å²) in [4.78, 5) is 0. The van der Waals surface area contributed by atoms with Crippen molar-refractivity contribution in [2.45, 2.75) is 20.2 Å². The summed E-state index contributed by atoms with van der Waals surface area (Å²) >= 11 is 0. The van der Waals surface area contributed by atoms with Crippen LogP contribution in [-0.4, -0.2) is 0 Å². The Labute approximate surface area is 36.3 Å². The van der Waals surface area contributed by atoms with Gasteiger partial charge in [0, 0.05) is 2.74 Å². The fraction of sp³-hybridized carbons (Fsp3) is 0.600. The lowest BCUT2D eigenvalue weighted by molar-refractivity contribution is 1.22. The van der Waals surface area contributed by atoms with E-state index < -0.39 is 0 Å². The van der Waals surface area contributed by atoms with Crippen molar-refractivity contribution in [3.8, 4) is 0 Å². The molecule has 0 atom stereocenters. The van der Waals surface area contributed by atoms with E-state index in [-0.39, 0.29) is 0 Å². The van der Waals surface area contributed by atoms with E-state index in [1.54, 1.807) is 6.08 Å². The summed E-state index contributed by atoms with van der Waals surface area (Å²) in [5, 5.41) is 0. The molecule has 0 aliphatic heterocycles. The Morgan fingerprint density at radius 1 is 2.00 bits per heavy atom. The second kappa shape index (κ2) is 3.74. The summed E-state index contributed by atoms with van der Waals surface area (Å²) in [5.41, 5.74) is 0. The molecule has 0 spiro atoms. The molecule has 30 valence electrons. The van der Waals surface area contributed by atoms with Gasteiger partial charge in [0.15, 0.2) is 0 Å². The normalized spacial score (nSPS) is 15.2. The van der Waals surface area contributed by atoms with Crippen molar-refractivity contribution in [3.63, 3.8) is 0 Å². The Morgan fingerprint density at radius 3 is 3.60 bits per heavy atom. The smallest absolute Gasteiger partial charge is 0.0273 e. The van der Waals surface area contributed by atoms with Crippen LogP contribution in [0, 0.1) is 0 Å². The molecule has 0 amide bonds. The Kier molecular flexibility index (Phi) is 1.51. The molecule has 0 saturated carbocycles. The van der Waals surface area contributed by atoms with Gasteiger partial charge in [0.05, 0.1) is 0 Å². The molecule has 0 radical (unpaired) electrons. The van der Waals surface area contributed by atoms with Gasteiger partial charge in [0.2, 0.25) is 0 Å². The molecule has 0 N–H and O–H groups in total. The summed E-state index contributed by atoms with van der Waals surface area (Å²) in [6.07, 6.45) is 4.41. The molecule has 0 heterocycles. The van der Waals surface area contributed by atoms with Crippen molar-refractivity contribution in [1.82, 2.24) is 0 Å². The van der Waals surface area contributed by atoms with Crippen LogP contribution < -0.4 is 0 Å². The highest BCUT2D eigenvalue weighted by Gasteiger charge is 1.52. The fourth-order valence-electron chi connectivity index (χ4n) is 0.118. The van der Waals surface area contributed by atoms with Crippen LogP contribution in [0.1, 0.15) is 23.0 Å². The van der Waals surface area contributed by atoms with Gasteiger partial charge in [0.25, 0.3) is 0 Å². The maximum atomic E-state index is 6.67. The Balaban J connectivity index is 2.78. The largest absolute Gasteiger partial charge is 0.0917 e. The maximum absolute atomic E-state index is 6.67. The summed E-state index contributed by atoms with van der Waals surface area (Å²) in [7, 11) is 0. The second-order valence-electron chi connectivity index (χ2n) is 0.760. The summed E-state index contributed by atoms with van der Waals surface area (Å²) in [6.45, 7) is 0.788. The molecule has 0 aromatic rings. The van der Waals surface area contributed by atoms with Crippen LogP contribution in [0.25, 0.3) is 0 Å². The van der Waals surface area contributed by atoms with Gasteiger partial charge in [0.1, 0.15) is 0 Å². The molecule has 0 nitrogen and oxygen atoms in total. The zero-order valence-corrected chi connectivity index (χ0v) is 3.28. The molecule has 0 fully saturated rings. The lowest BCUT2D eigenvalue weighted by atomic mass is 10.4. The molecule has 0 saturated heterocycles. The van der Waals surface area contributed by atoms with Gasteiger partial charge in [-0.2, -0.15) is 0 Å². The molecule has 0 aliphatic carbocycles. The fourth-order valence-corrected chi connectivity index (χ4v) is 0.118. The maximum Gasteiger partial charge on any atom is 0.0273 e. The molecule has 0 aliphatic rings. The Bertz CT molecular complexity index is 50.0. The number of hydrogen-bond donors (Lipinski definition) is 0. The number of rotatable bonds is 1. The number of hydrogen-bond acceptors (Lipinski definition) is 0. The third-order valence-electron chi connectivity index (χ3n) is 0.333. The molecule has 0 aromatic heterocycles. The first-order valence-electron chi connectivity index (χ1n) is 3.06. The highest BCUT2D eigenvalue weighted by atomic mass is 13.6. The Hall–Kier alpha value is -0.260. The van der Waals surface area contributed by atoms with Crippen LogP contribution >= 0.6 is 0 Å². The molecular weight excluding hydrogens is 60.1 g/mol. The van der Waals surface area contributed by atoms with Crippen molar-refractivity contribution >= 4 is 0 Å². The van der Waals surface area contributed by atoms with Gasteiger partial charge in [-0.1, -0.05) is 19.1 Å². The minimum atomic E-state index is 0.347. The van der Waals surface area contributed by atoms with Gasteiger partial charge in [-0.3, -0.25) is 0 Å². The highest BCUT2D eigenvalue weighted by Crippen LogP contribution is 1.73. The van der Waals surface area contributed by atoms with E-state index in [1.807, 2.05) is 6.08 Å². The zero-order chi connectivity index (χ0) is 5.54. The lowest BCUT2D eigenvalue weighted by Crippen LogP contribution is -1.43. The molecule has 0 unspecified atom stereocenters. The predicted molar refractivity (Wildman–Crippen MR) is 25.1 cm³/mol. The van der Waals surface area contributed by atoms with E-state index >= 15 is 0 Å². The van der Waals surface area contributed by atoms with Crippen molar-refractivity contribution < 1.29 is 2.74 Å². The molecular formula is C5H10. The first-order valence-corrected chi connectivity index (χ1v) is 1.65. The molecule has 0 aromatic carbocycles. The van der Waals surface area contributed by atoms with Crippen molar-refractivity contribution in [1.29, 1.82) is 0 Å². The highest BCUT2D eigenvalue weighted by molar-refractivity contribution is 4.73. The monoisotopic (exact) mass is 72.1 g/mol. The van der Waals surface area contributed by atoms with Gasteiger partial charge in [-0.15, -0.1) is 0 Å². The van der Waals surface area contributed by atoms with Crippen LogP contribution in [0.3, 0.4) is 0 Å². The Morgan fingerprint density at radius 2 is 3.00 bits per heavy atom. The minimum absolute atomic E-state index is 0.347. The van der Waals surface area contributed by atoms with Crippen LogP contribution in [-0.2, 0) is 0 Å². The topological polar surface area (TPSA) is 0 Å². The average molecular weight is 72.1 g/mol. The number of allylic oxidation sites excluding steroid dienone is 2. The first-order chi connectivity index (χ1) is 3.41. The molecule has 0 rings (SSSR count). The summed E-state index contributed by atoms with van der Waals surface area (Å²) in [6, 6.07) is 0. The van der Waals surface area contributed by atoms with E-state index in [1.165, 1.54) is 0 Å². The summed E-state index contributed by atoms with van der Waals surface area (Å²) < 4.78 is 13.3. The van der Waals surface area contributed by atoms with E-state index in [2.05, 4.69) is 0 Å². The standard InChI is InChI=1S/C5H10/c1-3-5-4-2/h3,5H,4H2,1-2H3/i1D,2D. The van der Waals surface area contributed by atoms with Crippen molar-refractivity contribution in [3.05, 3.63) is 12.2 Å².